The molecule has 0 spiro atoms. The lowest BCUT2D eigenvalue weighted by molar-refractivity contribution is 0.293. The highest BCUT2D eigenvalue weighted by Crippen LogP contribution is 2.23. The van der Waals surface area contributed by atoms with E-state index in [0.717, 1.165) is 25.3 Å². The van der Waals surface area contributed by atoms with Crippen LogP contribution in [-0.2, 0) is 6.54 Å². The van der Waals surface area contributed by atoms with Crippen molar-refractivity contribution in [2.45, 2.75) is 26.4 Å². The summed E-state index contributed by atoms with van der Waals surface area (Å²) in [7, 11) is 0. The summed E-state index contributed by atoms with van der Waals surface area (Å²) in [5.41, 5.74) is 7.11. The predicted molar refractivity (Wildman–Crippen MR) is 58.0 cm³/mol. The van der Waals surface area contributed by atoms with E-state index in [1.54, 1.807) is 6.20 Å². The molecular weight excluding hydrogens is 190 g/mol. The normalized spacial score (nSPS) is 27.7. The molecule has 2 heterocycles. The number of aromatic nitrogens is 3. The average molecular weight is 209 g/mol. The first-order valence-corrected chi connectivity index (χ1v) is 5.49. The maximum Gasteiger partial charge on any atom is 0.0964 e. The van der Waals surface area contributed by atoms with Gasteiger partial charge in [0.25, 0.3) is 0 Å². The Labute approximate surface area is 90.0 Å². The second-order valence-electron chi connectivity index (χ2n) is 4.73. The molecule has 2 rings (SSSR count). The van der Waals surface area contributed by atoms with Crippen LogP contribution >= 0.6 is 0 Å². The van der Waals surface area contributed by atoms with Gasteiger partial charge in [0.1, 0.15) is 0 Å². The molecule has 0 unspecified atom stereocenters. The maximum atomic E-state index is 6.11. The number of nitrogens with one attached hydrogen (secondary N) is 1. The summed E-state index contributed by atoms with van der Waals surface area (Å²) in [6.07, 6.45) is 1.77. The Hall–Kier alpha value is -0.940. The van der Waals surface area contributed by atoms with Crippen molar-refractivity contribution in [2.75, 3.05) is 13.1 Å². The standard InChI is InChI=1S/C10H19N5/c1-7(2)9-5-15(6-10(9)11)4-8-3-12-14-13-8/h3,7,9-10H,4-6,11H2,1-2H3,(H,12,13,14)/t9-,10+/m0/s1. The smallest absolute Gasteiger partial charge is 0.0964 e. The third-order valence-electron chi connectivity index (χ3n) is 3.19. The van der Waals surface area contributed by atoms with Crippen molar-refractivity contribution in [2.24, 2.45) is 17.6 Å². The van der Waals surface area contributed by atoms with Gasteiger partial charge in [-0.05, 0) is 11.8 Å². The van der Waals surface area contributed by atoms with Gasteiger partial charge < -0.3 is 5.73 Å². The molecule has 1 aliphatic heterocycles. The maximum absolute atomic E-state index is 6.11. The molecule has 0 aliphatic carbocycles. The van der Waals surface area contributed by atoms with Crippen molar-refractivity contribution >= 4 is 0 Å². The minimum atomic E-state index is 0.303. The third kappa shape index (κ3) is 2.35. The SMILES string of the molecule is CC(C)[C@@H]1CN(Cc2cn[nH]n2)C[C@H]1N. The lowest BCUT2D eigenvalue weighted by Gasteiger charge is -2.18. The molecule has 1 aromatic heterocycles. The lowest BCUT2D eigenvalue weighted by atomic mass is 9.92. The van der Waals surface area contributed by atoms with Gasteiger partial charge in [-0.2, -0.15) is 15.4 Å². The molecule has 15 heavy (non-hydrogen) atoms. The third-order valence-corrected chi connectivity index (χ3v) is 3.19. The Morgan fingerprint density at radius 3 is 2.93 bits per heavy atom. The van der Waals surface area contributed by atoms with E-state index in [-0.39, 0.29) is 0 Å². The fourth-order valence-electron chi connectivity index (χ4n) is 2.31. The van der Waals surface area contributed by atoms with Crippen LogP contribution in [0.4, 0.5) is 0 Å². The number of rotatable bonds is 3. The quantitative estimate of drug-likeness (QED) is 0.747. The first-order valence-electron chi connectivity index (χ1n) is 5.49. The minimum absolute atomic E-state index is 0.303. The van der Waals surface area contributed by atoms with Crippen LogP contribution in [0.15, 0.2) is 6.20 Å². The van der Waals surface area contributed by atoms with Crippen LogP contribution in [0.1, 0.15) is 19.5 Å². The molecule has 0 radical (unpaired) electrons. The van der Waals surface area contributed by atoms with E-state index in [0.29, 0.717) is 17.9 Å². The van der Waals surface area contributed by atoms with E-state index < -0.39 is 0 Å². The Morgan fingerprint density at radius 2 is 2.40 bits per heavy atom. The van der Waals surface area contributed by atoms with Crippen molar-refractivity contribution in [3.8, 4) is 0 Å². The van der Waals surface area contributed by atoms with Gasteiger partial charge >= 0.3 is 0 Å². The Kier molecular flexibility index (Phi) is 3.02. The Balaban J connectivity index is 1.92. The number of aromatic amines is 1. The highest BCUT2D eigenvalue weighted by Gasteiger charge is 2.32. The molecule has 1 aliphatic rings. The van der Waals surface area contributed by atoms with Gasteiger partial charge in [-0.1, -0.05) is 13.8 Å². The molecule has 3 N–H and O–H groups in total. The summed E-state index contributed by atoms with van der Waals surface area (Å²) < 4.78 is 0. The molecule has 1 aromatic rings. The van der Waals surface area contributed by atoms with Crippen LogP contribution in [0.25, 0.3) is 0 Å². The van der Waals surface area contributed by atoms with Crippen LogP contribution in [0.2, 0.25) is 0 Å². The van der Waals surface area contributed by atoms with Gasteiger partial charge in [0.15, 0.2) is 0 Å². The van der Waals surface area contributed by atoms with Gasteiger partial charge in [0.05, 0.1) is 11.9 Å². The summed E-state index contributed by atoms with van der Waals surface area (Å²) >= 11 is 0. The second-order valence-corrected chi connectivity index (χ2v) is 4.73. The number of hydrogen-bond donors (Lipinski definition) is 2. The van der Waals surface area contributed by atoms with Gasteiger partial charge in [0.2, 0.25) is 0 Å². The largest absolute Gasteiger partial charge is 0.326 e. The zero-order valence-electron chi connectivity index (χ0n) is 9.35. The average Bonchev–Trinajstić information content (AvgIpc) is 2.75. The number of hydrogen-bond acceptors (Lipinski definition) is 4. The fraction of sp³-hybridized carbons (Fsp3) is 0.800. The summed E-state index contributed by atoms with van der Waals surface area (Å²) in [5, 5.41) is 10.5. The van der Waals surface area contributed by atoms with E-state index in [9.17, 15) is 0 Å². The highest BCUT2D eigenvalue weighted by atomic mass is 15.3. The monoisotopic (exact) mass is 209 g/mol. The molecule has 0 saturated carbocycles. The summed E-state index contributed by atoms with van der Waals surface area (Å²) in [4.78, 5) is 2.35. The Morgan fingerprint density at radius 1 is 1.60 bits per heavy atom. The molecule has 5 nitrogen and oxygen atoms in total. The van der Waals surface area contributed by atoms with Crippen LogP contribution in [0.5, 0.6) is 0 Å². The lowest BCUT2D eigenvalue weighted by Crippen LogP contribution is -2.32. The van der Waals surface area contributed by atoms with Crippen LogP contribution in [-0.4, -0.2) is 39.4 Å². The van der Waals surface area contributed by atoms with Gasteiger partial charge in [-0.15, -0.1) is 0 Å². The fourth-order valence-corrected chi connectivity index (χ4v) is 2.31. The summed E-state index contributed by atoms with van der Waals surface area (Å²) in [6, 6.07) is 0.303. The molecule has 1 fully saturated rings. The first kappa shape index (κ1) is 10.6. The highest BCUT2D eigenvalue weighted by molar-refractivity contribution is 4.95. The molecular formula is C10H19N5. The molecule has 84 valence electrons. The van der Waals surface area contributed by atoms with Crippen molar-refractivity contribution in [1.29, 1.82) is 0 Å². The zero-order valence-corrected chi connectivity index (χ0v) is 9.35. The number of nitrogens with two attached hydrogens (primary N) is 1. The minimum Gasteiger partial charge on any atom is -0.326 e. The first-order chi connectivity index (χ1) is 7.16. The molecule has 1 saturated heterocycles. The van der Waals surface area contributed by atoms with Gasteiger partial charge in [0, 0.05) is 25.7 Å². The van der Waals surface area contributed by atoms with Gasteiger partial charge in [-0.25, -0.2) is 0 Å². The van der Waals surface area contributed by atoms with Crippen molar-refractivity contribution in [3.05, 3.63) is 11.9 Å². The summed E-state index contributed by atoms with van der Waals surface area (Å²) in [5.74, 6) is 1.26. The topological polar surface area (TPSA) is 70.8 Å². The predicted octanol–water partition coefficient (Wildman–Crippen LogP) is 0.220. The molecule has 2 atom stereocenters. The molecule has 0 amide bonds. The van der Waals surface area contributed by atoms with E-state index in [4.69, 9.17) is 5.73 Å². The number of nitrogens with zero attached hydrogens (tertiary/aromatic N) is 3. The van der Waals surface area contributed by atoms with E-state index in [2.05, 4.69) is 34.2 Å². The number of H-pyrrole nitrogens is 1. The van der Waals surface area contributed by atoms with E-state index in [1.807, 2.05) is 0 Å². The van der Waals surface area contributed by atoms with Crippen molar-refractivity contribution in [1.82, 2.24) is 20.3 Å². The van der Waals surface area contributed by atoms with Crippen LogP contribution in [0.3, 0.4) is 0 Å². The molecule has 5 heteroatoms. The van der Waals surface area contributed by atoms with Crippen molar-refractivity contribution in [3.63, 3.8) is 0 Å². The number of likely N-dealkylation sites (tertiary alicyclic amines) is 1. The van der Waals surface area contributed by atoms with E-state index >= 15 is 0 Å². The zero-order chi connectivity index (χ0) is 10.8. The van der Waals surface area contributed by atoms with Crippen LogP contribution in [0, 0.1) is 11.8 Å². The van der Waals surface area contributed by atoms with Crippen molar-refractivity contribution < 1.29 is 0 Å². The molecule has 0 bridgehead atoms. The van der Waals surface area contributed by atoms with E-state index in [1.165, 1.54) is 0 Å². The van der Waals surface area contributed by atoms with Crippen LogP contribution < -0.4 is 5.73 Å². The van der Waals surface area contributed by atoms with Gasteiger partial charge in [-0.3, -0.25) is 4.90 Å². The summed E-state index contributed by atoms with van der Waals surface area (Å²) in [6.45, 7) is 7.38. The second kappa shape index (κ2) is 4.28. The molecule has 0 aromatic carbocycles. The Bertz CT molecular complexity index is 295.